The molecule has 1 aliphatic carbocycles. The predicted octanol–water partition coefficient (Wildman–Crippen LogP) is 3.68. The Morgan fingerprint density at radius 2 is 2.00 bits per heavy atom. The normalized spacial score (nSPS) is 19.8. The van der Waals surface area contributed by atoms with E-state index in [0.29, 0.717) is 5.75 Å². The molecule has 1 aromatic rings. The lowest BCUT2D eigenvalue weighted by Crippen LogP contribution is -2.32. The first-order chi connectivity index (χ1) is 8.60. The van der Waals surface area contributed by atoms with E-state index in [-0.39, 0.29) is 17.3 Å². The molecule has 1 aromatic carbocycles. The molecule has 0 amide bonds. The summed E-state index contributed by atoms with van der Waals surface area (Å²) in [6.45, 7) is 2.29. The SMILES string of the molecule is CNC(c1ccc(OC)c(F)c1)C1(C)CCCC1. The van der Waals surface area contributed by atoms with Crippen LogP contribution >= 0.6 is 0 Å². The van der Waals surface area contributed by atoms with Gasteiger partial charge in [-0.2, -0.15) is 0 Å². The molecular formula is C15H22FNO. The lowest BCUT2D eigenvalue weighted by atomic mass is 9.77. The lowest BCUT2D eigenvalue weighted by molar-refractivity contribution is 0.233. The molecule has 0 saturated heterocycles. The first-order valence-corrected chi connectivity index (χ1v) is 6.61. The minimum atomic E-state index is -0.281. The largest absolute Gasteiger partial charge is 0.494 e. The molecule has 1 aliphatic rings. The third-order valence-corrected chi connectivity index (χ3v) is 4.24. The van der Waals surface area contributed by atoms with E-state index >= 15 is 0 Å². The molecule has 0 spiro atoms. The van der Waals surface area contributed by atoms with Gasteiger partial charge >= 0.3 is 0 Å². The van der Waals surface area contributed by atoms with Gasteiger partial charge in [-0.05, 0) is 43.0 Å². The van der Waals surface area contributed by atoms with Gasteiger partial charge in [-0.1, -0.05) is 25.8 Å². The summed E-state index contributed by atoms with van der Waals surface area (Å²) in [7, 11) is 3.45. The number of hydrogen-bond donors (Lipinski definition) is 1. The van der Waals surface area contributed by atoms with Crippen molar-refractivity contribution in [2.75, 3.05) is 14.2 Å². The Morgan fingerprint density at radius 3 is 2.50 bits per heavy atom. The molecule has 2 rings (SSSR count). The van der Waals surface area contributed by atoms with Crippen LogP contribution in [0.15, 0.2) is 18.2 Å². The number of halogens is 1. The summed E-state index contributed by atoms with van der Waals surface area (Å²) in [4.78, 5) is 0. The van der Waals surface area contributed by atoms with Gasteiger partial charge in [0.15, 0.2) is 11.6 Å². The average molecular weight is 251 g/mol. The highest BCUT2D eigenvalue weighted by Gasteiger charge is 2.37. The van der Waals surface area contributed by atoms with Crippen LogP contribution in [0.25, 0.3) is 0 Å². The van der Waals surface area contributed by atoms with Crippen molar-refractivity contribution >= 4 is 0 Å². The van der Waals surface area contributed by atoms with E-state index in [1.165, 1.54) is 32.8 Å². The van der Waals surface area contributed by atoms with Gasteiger partial charge in [0, 0.05) is 6.04 Å². The van der Waals surface area contributed by atoms with Gasteiger partial charge in [-0.3, -0.25) is 0 Å². The maximum Gasteiger partial charge on any atom is 0.165 e. The highest BCUT2D eigenvalue weighted by atomic mass is 19.1. The Labute approximate surface area is 109 Å². The molecule has 0 aromatic heterocycles. The van der Waals surface area contributed by atoms with Crippen LogP contribution in [-0.2, 0) is 0 Å². The number of hydrogen-bond acceptors (Lipinski definition) is 2. The van der Waals surface area contributed by atoms with Crippen LogP contribution in [-0.4, -0.2) is 14.2 Å². The molecule has 1 atom stereocenters. The number of ether oxygens (including phenoxy) is 1. The van der Waals surface area contributed by atoms with Crippen LogP contribution in [0.2, 0.25) is 0 Å². The van der Waals surface area contributed by atoms with Gasteiger partial charge in [0.1, 0.15) is 0 Å². The summed E-state index contributed by atoms with van der Waals surface area (Å²) in [6, 6.07) is 5.49. The number of methoxy groups -OCH3 is 1. The van der Waals surface area contributed by atoms with Gasteiger partial charge < -0.3 is 10.1 Å². The van der Waals surface area contributed by atoms with Crippen LogP contribution in [0, 0.1) is 11.2 Å². The van der Waals surface area contributed by atoms with Gasteiger partial charge in [-0.25, -0.2) is 4.39 Å². The van der Waals surface area contributed by atoms with Gasteiger partial charge in [-0.15, -0.1) is 0 Å². The van der Waals surface area contributed by atoms with Crippen LogP contribution in [0.3, 0.4) is 0 Å². The maximum atomic E-state index is 13.8. The molecule has 100 valence electrons. The summed E-state index contributed by atoms with van der Waals surface area (Å²) in [5, 5.41) is 3.36. The molecule has 18 heavy (non-hydrogen) atoms. The van der Waals surface area contributed by atoms with E-state index in [1.54, 1.807) is 12.1 Å². The molecule has 3 heteroatoms. The Balaban J connectivity index is 2.30. The van der Waals surface area contributed by atoms with Crippen molar-refractivity contribution in [1.82, 2.24) is 5.32 Å². The van der Waals surface area contributed by atoms with E-state index < -0.39 is 0 Å². The van der Waals surface area contributed by atoms with Crippen LogP contribution < -0.4 is 10.1 Å². The molecule has 1 fully saturated rings. The topological polar surface area (TPSA) is 21.3 Å². The third kappa shape index (κ3) is 2.37. The zero-order chi connectivity index (χ0) is 13.2. The molecule has 0 aliphatic heterocycles. The van der Waals surface area contributed by atoms with Crippen LogP contribution in [0.4, 0.5) is 4.39 Å². The third-order valence-electron chi connectivity index (χ3n) is 4.24. The number of benzene rings is 1. The van der Waals surface area contributed by atoms with Crippen molar-refractivity contribution in [2.24, 2.45) is 5.41 Å². The van der Waals surface area contributed by atoms with Crippen molar-refractivity contribution < 1.29 is 9.13 Å². The van der Waals surface area contributed by atoms with E-state index in [0.717, 1.165) is 5.56 Å². The zero-order valence-electron chi connectivity index (χ0n) is 11.4. The monoisotopic (exact) mass is 251 g/mol. The fourth-order valence-corrected chi connectivity index (χ4v) is 3.25. The highest BCUT2D eigenvalue weighted by Crippen LogP contribution is 2.47. The Bertz CT molecular complexity index is 413. The average Bonchev–Trinajstić information content (AvgIpc) is 2.78. The second kappa shape index (κ2) is 5.27. The first kappa shape index (κ1) is 13.3. The second-order valence-corrected chi connectivity index (χ2v) is 5.48. The Kier molecular flexibility index (Phi) is 3.91. The molecule has 0 radical (unpaired) electrons. The van der Waals surface area contributed by atoms with Gasteiger partial charge in [0.2, 0.25) is 0 Å². The molecule has 1 saturated carbocycles. The van der Waals surface area contributed by atoms with Crippen molar-refractivity contribution in [1.29, 1.82) is 0 Å². The van der Waals surface area contributed by atoms with E-state index in [1.807, 2.05) is 13.1 Å². The lowest BCUT2D eigenvalue weighted by Gasteiger charge is -2.34. The predicted molar refractivity (Wildman–Crippen MR) is 71.3 cm³/mol. The van der Waals surface area contributed by atoms with Gasteiger partial charge in [0.25, 0.3) is 0 Å². The zero-order valence-corrected chi connectivity index (χ0v) is 11.4. The summed E-state index contributed by atoms with van der Waals surface area (Å²) < 4.78 is 18.8. The van der Waals surface area contributed by atoms with Crippen molar-refractivity contribution in [3.05, 3.63) is 29.6 Å². The Hall–Kier alpha value is -1.09. The number of rotatable bonds is 4. The Morgan fingerprint density at radius 1 is 1.33 bits per heavy atom. The first-order valence-electron chi connectivity index (χ1n) is 6.61. The second-order valence-electron chi connectivity index (χ2n) is 5.48. The fourth-order valence-electron chi connectivity index (χ4n) is 3.25. The minimum absolute atomic E-state index is 0.209. The summed E-state index contributed by atoms with van der Waals surface area (Å²) in [5.41, 5.74) is 1.25. The van der Waals surface area contributed by atoms with Crippen molar-refractivity contribution in [3.63, 3.8) is 0 Å². The fraction of sp³-hybridized carbons (Fsp3) is 0.600. The molecule has 1 N–H and O–H groups in total. The van der Waals surface area contributed by atoms with Crippen LogP contribution in [0.5, 0.6) is 5.75 Å². The van der Waals surface area contributed by atoms with E-state index in [4.69, 9.17) is 4.74 Å². The standard InChI is InChI=1S/C15H22FNO/c1-15(8-4-5-9-15)14(17-2)11-6-7-13(18-3)12(16)10-11/h6-7,10,14,17H,4-5,8-9H2,1-3H3. The summed E-state index contributed by atoms with van der Waals surface area (Å²) >= 11 is 0. The highest BCUT2D eigenvalue weighted by molar-refractivity contribution is 5.32. The smallest absolute Gasteiger partial charge is 0.165 e. The molecular weight excluding hydrogens is 229 g/mol. The van der Waals surface area contributed by atoms with Crippen LogP contribution in [0.1, 0.15) is 44.2 Å². The van der Waals surface area contributed by atoms with Crippen molar-refractivity contribution in [3.8, 4) is 5.75 Å². The molecule has 0 heterocycles. The molecule has 2 nitrogen and oxygen atoms in total. The van der Waals surface area contributed by atoms with Gasteiger partial charge in [0.05, 0.1) is 7.11 Å². The van der Waals surface area contributed by atoms with E-state index in [9.17, 15) is 4.39 Å². The minimum Gasteiger partial charge on any atom is -0.494 e. The van der Waals surface area contributed by atoms with Crippen molar-refractivity contribution in [2.45, 2.75) is 38.6 Å². The summed E-state index contributed by atoms with van der Waals surface area (Å²) in [6.07, 6.45) is 4.94. The number of nitrogens with one attached hydrogen (secondary N) is 1. The summed E-state index contributed by atoms with van der Waals surface area (Å²) in [5.74, 6) is 0.0297. The maximum absolute atomic E-state index is 13.8. The van der Waals surface area contributed by atoms with E-state index in [2.05, 4.69) is 12.2 Å². The quantitative estimate of drug-likeness (QED) is 0.881. The molecule has 0 bridgehead atoms. The molecule has 1 unspecified atom stereocenters.